The fourth-order valence-electron chi connectivity index (χ4n) is 3.18. The number of hydrogen-bond acceptors (Lipinski definition) is 4. The fraction of sp³-hybridized carbons (Fsp3) is 0.364. The summed E-state index contributed by atoms with van der Waals surface area (Å²) in [6.07, 6.45) is 2.00. The first-order chi connectivity index (χ1) is 13.6. The lowest BCUT2D eigenvalue weighted by atomic mass is 10.1. The zero-order valence-electron chi connectivity index (χ0n) is 15.8. The van der Waals surface area contributed by atoms with Gasteiger partial charge in [-0.15, -0.1) is 11.8 Å². The highest BCUT2D eigenvalue weighted by atomic mass is 35.5. The van der Waals surface area contributed by atoms with Gasteiger partial charge < -0.3 is 9.64 Å². The highest BCUT2D eigenvalue weighted by Crippen LogP contribution is 2.44. The van der Waals surface area contributed by atoms with E-state index in [9.17, 15) is 9.59 Å². The van der Waals surface area contributed by atoms with Crippen LogP contribution in [-0.4, -0.2) is 35.2 Å². The van der Waals surface area contributed by atoms with Crippen LogP contribution < -0.4 is 0 Å². The highest BCUT2D eigenvalue weighted by Gasteiger charge is 2.43. The van der Waals surface area contributed by atoms with Gasteiger partial charge in [-0.25, -0.2) is 4.79 Å². The Kier molecular flexibility index (Phi) is 7.40. The van der Waals surface area contributed by atoms with E-state index in [0.29, 0.717) is 17.4 Å². The lowest BCUT2D eigenvalue weighted by Gasteiger charge is -2.29. The summed E-state index contributed by atoms with van der Waals surface area (Å²) in [5.41, 5.74) is 1.76. The van der Waals surface area contributed by atoms with Crippen LogP contribution in [0.25, 0.3) is 0 Å². The van der Waals surface area contributed by atoms with E-state index in [0.717, 1.165) is 24.0 Å². The number of thioether (sulfide) groups is 1. The second-order valence-corrected chi connectivity index (χ2v) is 8.23. The molecule has 1 saturated heterocycles. The minimum Gasteiger partial charge on any atom is -0.464 e. The van der Waals surface area contributed by atoms with Crippen LogP contribution in [-0.2, 0) is 20.7 Å². The van der Waals surface area contributed by atoms with Gasteiger partial charge in [0.25, 0.3) is 0 Å². The van der Waals surface area contributed by atoms with Gasteiger partial charge in [0.2, 0.25) is 5.91 Å². The Labute approximate surface area is 175 Å². The molecule has 0 spiro atoms. The molecule has 2 atom stereocenters. The number of carbonyl (C=O) groups excluding carboxylic acids is 2. The van der Waals surface area contributed by atoms with Crippen molar-refractivity contribution in [3.05, 3.63) is 70.7 Å². The molecule has 148 valence electrons. The molecule has 28 heavy (non-hydrogen) atoms. The maximum Gasteiger partial charge on any atom is 0.329 e. The summed E-state index contributed by atoms with van der Waals surface area (Å²) < 4.78 is 5.43. The molecule has 0 radical (unpaired) electrons. The van der Waals surface area contributed by atoms with Gasteiger partial charge in [0, 0.05) is 16.3 Å². The molecule has 2 aromatic rings. The predicted octanol–water partition coefficient (Wildman–Crippen LogP) is 4.87. The van der Waals surface area contributed by atoms with Gasteiger partial charge in [0.1, 0.15) is 11.4 Å². The van der Waals surface area contributed by atoms with Crippen LogP contribution in [0.5, 0.6) is 0 Å². The average Bonchev–Trinajstić information content (AvgIpc) is 3.14. The molecule has 6 heteroatoms. The van der Waals surface area contributed by atoms with E-state index in [2.05, 4.69) is 0 Å². The molecule has 2 aromatic carbocycles. The molecule has 2 unspecified atom stereocenters. The average molecular weight is 418 g/mol. The molecule has 0 saturated carbocycles. The molecular formula is C22H24ClNO3S. The summed E-state index contributed by atoms with van der Waals surface area (Å²) in [6, 6.07) is 16.4. The van der Waals surface area contributed by atoms with Crippen molar-refractivity contribution in [1.29, 1.82) is 0 Å². The maximum atomic E-state index is 13.2. The number of carbonyl (C=O) groups is 2. The van der Waals surface area contributed by atoms with Gasteiger partial charge >= 0.3 is 5.97 Å². The molecule has 0 N–H and O–H groups in total. The van der Waals surface area contributed by atoms with Crippen LogP contribution in [0, 0.1) is 0 Å². The summed E-state index contributed by atoms with van der Waals surface area (Å²) in [7, 11) is 0. The van der Waals surface area contributed by atoms with Crippen LogP contribution in [0.1, 0.15) is 36.3 Å². The third kappa shape index (κ3) is 4.89. The number of ether oxygens (including phenoxy) is 1. The standard InChI is InChI=1S/C22H24ClNO3S/c1-2-3-13-27-22(26)19-15-28-21(17-11-7-8-12-18(17)23)24(19)20(25)14-16-9-5-4-6-10-16/h4-12,19,21H,2-3,13-15H2,1H3. The Morgan fingerprint density at radius 1 is 1.14 bits per heavy atom. The second-order valence-electron chi connectivity index (χ2n) is 6.71. The molecule has 1 aliphatic heterocycles. The Hall–Kier alpha value is -1.98. The van der Waals surface area contributed by atoms with Crippen molar-refractivity contribution >= 4 is 35.2 Å². The first kappa shape index (κ1) is 20.7. The molecule has 1 aliphatic rings. The van der Waals surface area contributed by atoms with Crippen molar-refractivity contribution < 1.29 is 14.3 Å². The van der Waals surface area contributed by atoms with E-state index < -0.39 is 6.04 Å². The van der Waals surface area contributed by atoms with Crippen LogP contribution in [0.4, 0.5) is 0 Å². The lowest BCUT2D eigenvalue weighted by molar-refractivity contribution is -0.154. The predicted molar refractivity (Wildman–Crippen MR) is 113 cm³/mol. The molecule has 1 amide bonds. The van der Waals surface area contributed by atoms with E-state index in [1.54, 1.807) is 16.7 Å². The number of amides is 1. The monoisotopic (exact) mass is 417 g/mol. The normalized spacial score (nSPS) is 18.9. The number of esters is 1. The molecular weight excluding hydrogens is 394 g/mol. The van der Waals surface area contributed by atoms with E-state index in [1.807, 2.05) is 61.5 Å². The molecule has 0 aromatic heterocycles. The van der Waals surface area contributed by atoms with Crippen molar-refractivity contribution in [3.63, 3.8) is 0 Å². The molecule has 0 aliphatic carbocycles. The number of unbranched alkanes of at least 4 members (excludes halogenated alkanes) is 1. The topological polar surface area (TPSA) is 46.6 Å². The number of benzene rings is 2. The van der Waals surface area contributed by atoms with E-state index in [4.69, 9.17) is 16.3 Å². The molecule has 0 bridgehead atoms. The fourth-order valence-corrected chi connectivity index (χ4v) is 4.96. The van der Waals surface area contributed by atoms with Crippen molar-refractivity contribution in [2.24, 2.45) is 0 Å². The summed E-state index contributed by atoms with van der Waals surface area (Å²) in [5.74, 6) is 0.0666. The van der Waals surface area contributed by atoms with Crippen LogP contribution >= 0.6 is 23.4 Å². The van der Waals surface area contributed by atoms with Crippen molar-refractivity contribution in [2.75, 3.05) is 12.4 Å². The third-order valence-corrected chi connectivity index (χ3v) is 6.32. The Morgan fingerprint density at radius 2 is 1.86 bits per heavy atom. The smallest absolute Gasteiger partial charge is 0.329 e. The van der Waals surface area contributed by atoms with Gasteiger partial charge in [0.15, 0.2) is 0 Å². The first-order valence-electron chi connectivity index (χ1n) is 9.49. The lowest BCUT2D eigenvalue weighted by Crippen LogP contribution is -2.44. The maximum absolute atomic E-state index is 13.2. The zero-order valence-corrected chi connectivity index (χ0v) is 17.4. The quantitative estimate of drug-likeness (QED) is 0.476. The number of nitrogens with zero attached hydrogens (tertiary/aromatic N) is 1. The van der Waals surface area contributed by atoms with Crippen molar-refractivity contribution in [3.8, 4) is 0 Å². The molecule has 1 heterocycles. The number of rotatable bonds is 7. The van der Waals surface area contributed by atoms with E-state index >= 15 is 0 Å². The van der Waals surface area contributed by atoms with Gasteiger partial charge in [0.05, 0.1) is 13.0 Å². The van der Waals surface area contributed by atoms with Gasteiger partial charge in [-0.3, -0.25) is 4.79 Å². The van der Waals surface area contributed by atoms with Crippen molar-refractivity contribution in [2.45, 2.75) is 37.6 Å². The summed E-state index contributed by atoms with van der Waals surface area (Å²) in [4.78, 5) is 27.6. The minimum atomic E-state index is -0.598. The summed E-state index contributed by atoms with van der Waals surface area (Å²) in [6.45, 7) is 2.43. The zero-order chi connectivity index (χ0) is 19.9. The van der Waals surface area contributed by atoms with E-state index in [1.165, 1.54) is 0 Å². The Bertz CT molecular complexity index is 814. The van der Waals surface area contributed by atoms with Crippen LogP contribution in [0.2, 0.25) is 5.02 Å². The first-order valence-corrected chi connectivity index (χ1v) is 10.9. The SMILES string of the molecule is CCCCOC(=O)C1CSC(c2ccccc2Cl)N1C(=O)Cc1ccccc1. The van der Waals surface area contributed by atoms with E-state index in [-0.39, 0.29) is 23.7 Å². The summed E-state index contributed by atoms with van der Waals surface area (Å²) in [5, 5.41) is 0.297. The summed E-state index contributed by atoms with van der Waals surface area (Å²) >= 11 is 7.95. The number of halogens is 1. The van der Waals surface area contributed by atoms with Crippen LogP contribution in [0.3, 0.4) is 0 Å². The largest absolute Gasteiger partial charge is 0.464 e. The molecule has 1 fully saturated rings. The molecule has 4 nitrogen and oxygen atoms in total. The van der Waals surface area contributed by atoms with Crippen LogP contribution in [0.15, 0.2) is 54.6 Å². The Balaban J connectivity index is 1.84. The number of hydrogen-bond donors (Lipinski definition) is 0. The van der Waals surface area contributed by atoms with Gasteiger partial charge in [-0.1, -0.05) is 73.5 Å². The van der Waals surface area contributed by atoms with Crippen molar-refractivity contribution in [1.82, 2.24) is 4.90 Å². The third-order valence-electron chi connectivity index (χ3n) is 4.67. The minimum absolute atomic E-state index is 0.0986. The molecule has 3 rings (SSSR count). The van der Waals surface area contributed by atoms with Gasteiger partial charge in [-0.05, 0) is 18.1 Å². The second kappa shape index (κ2) is 9.99. The van der Waals surface area contributed by atoms with Gasteiger partial charge in [-0.2, -0.15) is 0 Å². The Morgan fingerprint density at radius 3 is 2.57 bits per heavy atom. The highest BCUT2D eigenvalue weighted by molar-refractivity contribution is 7.99.